The van der Waals surface area contributed by atoms with Gasteiger partial charge in [0.25, 0.3) is 0 Å². The van der Waals surface area contributed by atoms with Gasteiger partial charge in [-0.25, -0.2) is 0 Å². The number of anilines is 1. The average molecular weight is 344 g/mol. The highest BCUT2D eigenvalue weighted by Crippen LogP contribution is 2.20. The van der Waals surface area contributed by atoms with Crippen molar-refractivity contribution in [1.82, 2.24) is 14.7 Å². The van der Waals surface area contributed by atoms with Crippen molar-refractivity contribution >= 4 is 5.69 Å². The van der Waals surface area contributed by atoms with Crippen LogP contribution in [0.2, 0.25) is 0 Å². The van der Waals surface area contributed by atoms with Crippen molar-refractivity contribution in [2.75, 3.05) is 44.7 Å². The van der Waals surface area contributed by atoms with Gasteiger partial charge in [-0.1, -0.05) is 0 Å². The molecule has 1 aromatic carbocycles. The second-order valence-electron chi connectivity index (χ2n) is 6.75. The largest absolute Gasteiger partial charge is 0.497 e. The second-order valence-corrected chi connectivity index (χ2v) is 6.75. The summed E-state index contributed by atoms with van der Waals surface area (Å²) < 4.78 is 7.11. The number of aliphatic hydroxyl groups is 1. The first-order valence-electron chi connectivity index (χ1n) is 8.85. The van der Waals surface area contributed by atoms with Gasteiger partial charge in [-0.15, -0.1) is 0 Å². The van der Waals surface area contributed by atoms with Crippen molar-refractivity contribution in [2.45, 2.75) is 26.5 Å². The lowest BCUT2D eigenvalue weighted by Crippen LogP contribution is -2.49. The van der Waals surface area contributed by atoms with E-state index in [4.69, 9.17) is 4.74 Å². The molecule has 1 saturated heterocycles. The Kier molecular flexibility index (Phi) is 5.60. The summed E-state index contributed by atoms with van der Waals surface area (Å²) in [6, 6.07) is 10.2. The van der Waals surface area contributed by atoms with Crippen molar-refractivity contribution in [2.24, 2.45) is 0 Å². The maximum Gasteiger partial charge on any atom is 0.119 e. The molecule has 0 aliphatic carbocycles. The molecule has 0 saturated carbocycles. The van der Waals surface area contributed by atoms with Gasteiger partial charge in [-0.05, 0) is 44.2 Å². The number of hydrogen-bond donors (Lipinski definition) is 1. The molecule has 1 aliphatic rings. The van der Waals surface area contributed by atoms with Gasteiger partial charge in [-0.3, -0.25) is 9.58 Å². The molecule has 0 amide bonds. The van der Waals surface area contributed by atoms with E-state index in [1.165, 1.54) is 5.69 Å². The van der Waals surface area contributed by atoms with Crippen LogP contribution in [0.1, 0.15) is 11.4 Å². The molecule has 0 radical (unpaired) electrons. The third-order valence-electron chi connectivity index (χ3n) is 4.77. The van der Waals surface area contributed by atoms with Crippen LogP contribution in [0.4, 0.5) is 5.69 Å². The first kappa shape index (κ1) is 17.8. The number of nitrogens with zero attached hydrogens (tertiary/aromatic N) is 4. The summed E-state index contributed by atoms with van der Waals surface area (Å²) in [5.74, 6) is 0.884. The van der Waals surface area contributed by atoms with Crippen molar-refractivity contribution < 1.29 is 9.84 Å². The van der Waals surface area contributed by atoms with Crippen LogP contribution in [0.3, 0.4) is 0 Å². The Morgan fingerprint density at radius 3 is 2.32 bits per heavy atom. The number of piperazine rings is 1. The van der Waals surface area contributed by atoms with Crippen LogP contribution in [0.15, 0.2) is 30.3 Å². The predicted molar refractivity (Wildman–Crippen MR) is 99.4 cm³/mol. The number of methoxy groups -OCH3 is 1. The van der Waals surface area contributed by atoms with Gasteiger partial charge in [0, 0.05) is 44.1 Å². The van der Waals surface area contributed by atoms with Crippen LogP contribution >= 0.6 is 0 Å². The van der Waals surface area contributed by atoms with Crippen LogP contribution in [-0.2, 0) is 6.54 Å². The molecule has 0 spiro atoms. The third kappa shape index (κ3) is 4.52. The Balaban J connectivity index is 1.47. The van der Waals surface area contributed by atoms with Crippen LogP contribution in [0, 0.1) is 13.8 Å². The smallest absolute Gasteiger partial charge is 0.119 e. The minimum Gasteiger partial charge on any atom is -0.497 e. The van der Waals surface area contributed by atoms with E-state index < -0.39 is 6.10 Å². The summed E-state index contributed by atoms with van der Waals surface area (Å²) in [7, 11) is 1.69. The fraction of sp³-hybridized carbons (Fsp3) is 0.526. The van der Waals surface area contributed by atoms with E-state index >= 15 is 0 Å². The Hall–Kier alpha value is -2.05. The SMILES string of the molecule is COc1ccc(N2CCN(C[C@@H](O)Cn3nc(C)cc3C)CC2)cc1. The molecule has 2 aromatic rings. The lowest BCUT2D eigenvalue weighted by molar-refractivity contribution is 0.0914. The predicted octanol–water partition coefficient (Wildman–Crippen LogP) is 1.69. The number of rotatable bonds is 6. The Morgan fingerprint density at radius 1 is 1.08 bits per heavy atom. The maximum absolute atomic E-state index is 10.4. The molecule has 1 aromatic heterocycles. The van der Waals surface area contributed by atoms with Crippen molar-refractivity contribution in [1.29, 1.82) is 0 Å². The van der Waals surface area contributed by atoms with Gasteiger partial charge in [0.15, 0.2) is 0 Å². The van der Waals surface area contributed by atoms with Gasteiger partial charge in [0.2, 0.25) is 0 Å². The molecular formula is C19H28N4O2. The average Bonchev–Trinajstić information content (AvgIpc) is 2.92. The second kappa shape index (κ2) is 7.89. The van der Waals surface area contributed by atoms with E-state index in [1.807, 2.05) is 36.7 Å². The molecule has 1 aliphatic heterocycles. The summed E-state index contributed by atoms with van der Waals surface area (Å²) in [5, 5.41) is 14.8. The highest BCUT2D eigenvalue weighted by Gasteiger charge is 2.20. The molecule has 0 bridgehead atoms. The topological polar surface area (TPSA) is 53.8 Å². The Morgan fingerprint density at radius 2 is 1.76 bits per heavy atom. The van der Waals surface area contributed by atoms with E-state index in [1.54, 1.807) is 7.11 Å². The van der Waals surface area contributed by atoms with Crippen molar-refractivity contribution in [3.8, 4) is 5.75 Å². The zero-order valence-corrected chi connectivity index (χ0v) is 15.4. The highest BCUT2D eigenvalue weighted by molar-refractivity contribution is 5.49. The molecule has 3 rings (SSSR count). The number of ether oxygens (including phenoxy) is 1. The summed E-state index contributed by atoms with van der Waals surface area (Å²) in [6.45, 7) is 9.11. The zero-order chi connectivity index (χ0) is 17.8. The van der Waals surface area contributed by atoms with Gasteiger partial charge in [-0.2, -0.15) is 5.10 Å². The lowest BCUT2D eigenvalue weighted by atomic mass is 10.2. The number of aliphatic hydroxyl groups excluding tert-OH is 1. The van der Waals surface area contributed by atoms with Gasteiger partial charge in [0.1, 0.15) is 5.75 Å². The zero-order valence-electron chi connectivity index (χ0n) is 15.4. The monoisotopic (exact) mass is 344 g/mol. The number of benzene rings is 1. The van der Waals surface area contributed by atoms with Crippen molar-refractivity contribution in [3.63, 3.8) is 0 Å². The first-order valence-corrected chi connectivity index (χ1v) is 8.85. The van der Waals surface area contributed by atoms with E-state index in [0.29, 0.717) is 13.1 Å². The molecule has 1 atom stereocenters. The minimum absolute atomic E-state index is 0.398. The number of aromatic nitrogens is 2. The maximum atomic E-state index is 10.4. The molecule has 2 heterocycles. The lowest BCUT2D eigenvalue weighted by Gasteiger charge is -2.37. The van der Waals surface area contributed by atoms with Crippen LogP contribution < -0.4 is 9.64 Å². The molecule has 6 heteroatoms. The number of aryl methyl sites for hydroxylation is 2. The van der Waals surface area contributed by atoms with E-state index in [9.17, 15) is 5.11 Å². The van der Waals surface area contributed by atoms with Gasteiger partial charge in [0.05, 0.1) is 25.5 Å². The van der Waals surface area contributed by atoms with Crippen LogP contribution in [-0.4, -0.2) is 65.7 Å². The first-order chi connectivity index (χ1) is 12.0. The highest BCUT2D eigenvalue weighted by atomic mass is 16.5. The van der Waals surface area contributed by atoms with Gasteiger partial charge < -0.3 is 14.7 Å². The minimum atomic E-state index is -0.398. The molecular weight excluding hydrogens is 316 g/mol. The molecule has 25 heavy (non-hydrogen) atoms. The number of β-amino-alcohol motifs (C(OH)–C–C–N with tert-alkyl or cyclic N) is 1. The molecule has 1 fully saturated rings. The normalized spacial score (nSPS) is 16.9. The standard InChI is InChI=1S/C19H28N4O2/c1-15-12-16(2)23(20-15)14-18(24)13-21-8-10-22(11-9-21)17-4-6-19(25-3)7-5-17/h4-7,12,18,24H,8-11,13-14H2,1-3H3/t18-/m1/s1. The molecule has 6 nitrogen and oxygen atoms in total. The summed E-state index contributed by atoms with van der Waals surface area (Å²) in [5.41, 5.74) is 3.32. The van der Waals surface area contributed by atoms with E-state index in [0.717, 1.165) is 43.3 Å². The molecule has 0 unspecified atom stereocenters. The summed E-state index contributed by atoms with van der Waals surface area (Å²) in [6.07, 6.45) is -0.398. The quantitative estimate of drug-likeness (QED) is 0.864. The van der Waals surface area contributed by atoms with Crippen LogP contribution in [0.25, 0.3) is 0 Å². The molecule has 1 N–H and O–H groups in total. The van der Waals surface area contributed by atoms with E-state index in [-0.39, 0.29) is 0 Å². The van der Waals surface area contributed by atoms with E-state index in [2.05, 4.69) is 27.0 Å². The third-order valence-corrected chi connectivity index (χ3v) is 4.77. The summed E-state index contributed by atoms with van der Waals surface area (Å²) >= 11 is 0. The number of hydrogen-bond acceptors (Lipinski definition) is 5. The molecule has 136 valence electrons. The Labute approximate surface area is 149 Å². The van der Waals surface area contributed by atoms with Crippen molar-refractivity contribution in [3.05, 3.63) is 41.7 Å². The Bertz CT molecular complexity index is 675. The van der Waals surface area contributed by atoms with Crippen LogP contribution in [0.5, 0.6) is 5.75 Å². The van der Waals surface area contributed by atoms with Gasteiger partial charge >= 0.3 is 0 Å². The fourth-order valence-corrected chi connectivity index (χ4v) is 3.40. The summed E-state index contributed by atoms with van der Waals surface area (Å²) in [4.78, 5) is 4.71. The fourth-order valence-electron chi connectivity index (χ4n) is 3.40.